The van der Waals surface area contributed by atoms with Gasteiger partial charge in [0.2, 0.25) is 0 Å². The van der Waals surface area contributed by atoms with Crippen LogP contribution in [0, 0.1) is 0 Å². The Morgan fingerprint density at radius 3 is 2.29 bits per heavy atom. The van der Waals surface area contributed by atoms with Crippen LogP contribution < -0.4 is 0 Å². The van der Waals surface area contributed by atoms with Crippen molar-refractivity contribution in [1.82, 2.24) is 0 Å². The van der Waals surface area contributed by atoms with Crippen molar-refractivity contribution in [2.24, 2.45) is 0 Å². The van der Waals surface area contributed by atoms with E-state index < -0.39 is 8.80 Å². The summed E-state index contributed by atoms with van der Waals surface area (Å²) in [7, 11) is -0.611. The van der Waals surface area contributed by atoms with Crippen molar-refractivity contribution in [2.75, 3.05) is 33.0 Å². The zero-order valence-electron chi connectivity index (χ0n) is 9.49. The molecule has 0 amide bonds. The highest BCUT2D eigenvalue weighted by Crippen LogP contribution is 1.85. The van der Waals surface area contributed by atoms with E-state index in [0.717, 1.165) is 6.61 Å². The van der Waals surface area contributed by atoms with Crippen LogP contribution in [0.5, 0.6) is 0 Å². The van der Waals surface area contributed by atoms with Gasteiger partial charge >= 0.3 is 0 Å². The molecular formula is C10H22O3Si. The van der Waals surface area contributed by atoms with Crippen LogP contribution >= 0.6 is 0 Å². The lowest BCUT2D eigenvalue weighted by Crippen LogP contribution is -2.08. The van der Waals surface area contributed by atoms with Gasteiger partial charge in [-0.25, -0.2) is 0 Å². The molecule has 0 radical (unpaired) electrons. The van der Waals surface area contributed by atoms with Gasteiger partial charge in [0.15, 0.2) is 0 Å². The molecule has 0 saturated carbocycles. The Kier molecular flexibility index (Phi) is 10.5. The lowest BCUT2D eigenvalue weighted by atomic mass is 10.7. The maximum atomic E-state index is 5.27. The number of hydrogen-bond donors (Lipinski definition) is 0. The van der Waals surface area contributed by atoms with E-state index in [9.17, 15) is 0 Å². The highest BCUT2D eigenvalue weighted by Gasteiger charge is 1.89. The highest BCUT2D eigenvalue weighted by atomic mass is 28.3. The minimum atomic E-state index is -0.611. The Morgan fingerprint density at radius 1 is 1.00 bits per heavy atom. The molecule has 0 aromatic carbocycles. The summed E-state index contributed by atoms with van der Waals surface area (Å²) in [6, 6.07) is 0. The monoisotopic (exact) mass is 218 g/mol. The Balaban J connectivity index is 2.99. The van der Waals surface area contributed by atoms with Gasteiger partial charge in [-0.15, -0.1) is 0 Å². The summed E-state index contributed by atoms with van der Waals surface area (Å²) in [5.74, 6) is 0. The highest BCUT2D eigenvalue weighted by molar-refractivity contribution is 6.61. The molecule has 0 aromatic heterocycles. The van der Waals surface area contributed by atoms with Crippen molar-refractivity contribution < 1.29 is 14.2 Å². The summed E-state index contributed by atoms with van der Waals surface area (Å²) in [5.41, 5.74) is 2.15. The van der Waals surface area contributed by atoms with Crippen molar-refractivity contribution in [3.63, 3.8) is 0 Å². The minimum Gasteiger partial charge on any atom is -0.500 e. The molecule has 0 N–H and O–H groups in total. The molecule has 0 aliphatic rings. The van der Waals surface area contributed by atoms with E-state index in [4.69, 9.17) is 14.2 Å². The largest absolute Gasteiger partial charge is 0.500 e. The lowest BCUT2D eigenvalue weighted by Gasteiger charge is -2.04. The van der Waals surface area contributed by atoms with E-state index in [0.29, 0.717) is 26.4 Å². The van der Waals surface area contributed by atoms with Gasteiger partial charge < -0.3 is 14.2 Å². The van der Waals surface area contributed by atoms with Gasteiger partial charge in [0.25, 0.3) is 0 Å². The predicted molar refractivity (Wildman–Crippen MR) is 61.3 cm³/mol. The average Bonchev–Trinajstić information content (AvgIpc) is 2.15. The summed E-state index contributed by atoms with van der Waals surface area (Å²) in [6.07, 6.45) is 1.79. The first-order valence-electron chi connectivity index (χ1n) is 5.21. The second kappa shape index (κ2) is 10.8. The molecule has 0 aliphatic heterocycles. The second-order valence-electron chi connectivity index (χ2n) is 3.25. The smallest absolute Gasteiger partial charge is 0.111 e. The van der Waals surface area contributed by atoms with Crippen molar-refractivity contribution in [2.45, 2.75) is 20.0 Å². The molecule has 0 heterocycles. The van der Waals surface area contributed by atoms with E-state index in [1.54, 1.807) is 6.26 Å². The van der Waals surface area contributed by atoms with Crippen LogP contribution in [0.15, 0.2) is 12.0 Å². The number of rotatable bonds is 9. The molecule has 0 atom stereocenters. The molecule has 3 nitrogen and oxygen atoms in total. The van der Waals surface area contributed by atoms with E-state index >= 15 is 0 Å². The fourth-order valence-electron chi connectivity index (χ4n) is 0.752. The molecule has 84 valence electrons. The second-order valence-corrected chi connectivity index (χ2v) is 6.13. The quantitative estimate of drug-likeness (QED) is 0.334. The predicted octanol–water partition coefficient (Wildman–Crippen LogP) is 1.60. The van der Waals surface area contributed by atoms with Crippen molar-refractivity contribution in [1.29, 1.82) is 0 Å². The third-order valence-corrected chi connectivity index (χ3v) is 2.41. The zero-order chi connectivity index (χ0) is 10.6. The third-order valence-electron chi connectivity index (χ3n) is 1.48. The van der Waals surface area contributed by atoms with Gasteiger partial charge in [0.05, 0.1) is 34.9 Å². The Hall–Kier alpha value is -0.323. The molecule has 0 aliphatic carbocycles. The Labute approximate surface area is 88.7 Å². The Bertz CT molecular complexity index is 137. The topological polar surface area (TPSA) is 27.7 Å². The molecule has 4 heteroatoms. The van der Waals surface area contributed by atoms with Crippen LogP contribution in [0.3, 0.4) is 0 Å². The first-order chi connectivity index (χ1) is 6.77. The molecule has 14 heavy (non-hydrogen) atoms. The molecule has 0 rings (SSSR count). The summed E-state index contributed by atoms with van der Waals surface area (Å²) >= 11 is 0. The first kappa shape index (κ1) is 13.7. The van der Waals surface area contributed by atoms with Crippen LogP contribution in [0.25, 0.3) is 0 Å². The van der Waals surface area contributed by atoms with Crippen molar-refractivity contribution >= 4 is 8.80 Å². The van der Waals surface area contributed by atoms with Gasteiger partial charge in [-0.05, 0) is 6.92 Å². The summed E-state index contributed by atoms with van der Waals surface area (Å²) in [6.45, 7) is 9.81. The van der Waals surface area contributed by atoms with Gasteiger partial charge in [0.1, 0.15) is 6.61 Å². The summed E-state index contributed by atoms with van der Waals surface area (Å²) < 4.78 is 15.6. The van der Waals surface area contributed by atoms with Crippen LogP contribution in [0.4, 0.5) is 0 Å². The SMILES string of the molecule is CCOCCOCCOC=C[SiH](C)C. The van der Waals surface area contributed by atoms with Gasteiger partial charge in [-0.2, -0.15) is 0 Å². The van der Waals surface area contributed by atoms with E-state index in [-0.39, 0.29) is 0 Å². The number of hydrogen-bond acceptors (Lipinski definition) is 3. The van der Waals surface area contributed by atoms with Gasteiger partial charge in [0, 0.05) is 6.61 Å². The van der Waals surface area contributed by atoms with Crippen LogP contribution in [0.2, 0.25) is 13.1 Å². The van der Waals surface area contributed by atoms with Gasteiger partial charge in [-0.1, -0.05) is 18.8 Å². The lowest BCUT2D eigenvalue weighted by molar-refractivity contribution is 0.0342. The fraction of sp³-hybridized carbons (Fsp3) is 0.800. The molecule has 0 bridgehead atoms. The van der Waals surface area contributed by atoms with E-state index in [2.05, 4.69) is 18.8 Å². The maximum absolute atomic E-state index is 5.27. The zero-order valence-corrected chi connectivity index (χ0v) is 10.6. The molecule has 0 spiro atoms. The fourth-order valence-corrected chi connectivity index (χ4v) is 1.18. The summed E-state index contributed by atoms with van der Waals surface area (Å²) in [5, 5.41) is 0. The number of ether oxygens (including phenoxy) is 3. The average molecular weight is 218 g/mol. The van der Waals surface area contributed by atoms with E-state index in [1.165, 1.54) is 0 Å². The standard InChI is InChI=1S/C10H22O3Si/c1-4-11-5-6-12-7-8-13-9-10-14(2)3/h9-10,14H,4-8H2,1-3H3. The molecular weight excluding hydrogens is 196 g/mol. The van der Waals surface area contributed by atoms with E-state index in [1.807, 2.05) is 6.92 Å². The van der Waals surface area contributed by atoms with Crippen LogP contribution in [-0.4, -0.2) is 41.8 Å². The minimum absolute atomic E-state index is 0.611. The van der Waals surface area contributed by atoms with Crippen LogP contribution in [0.1, 0.15) is 6.92 Å². The van der Waals surface area contributed by atoms with Crippen molar-refractivity contribution in [3.8, 4) is 0 Å². The molecule has 0 unspecified atom stereocenters. The third kappa shape index (κ3) is 11.7. The van der Waals surface area contributed by atoms with Crippen LogP contribution in [-0.2, 0) is 14.2 Å². The molecule has 0 saturated heterocycles. The normalized spacial score (nSPS) is 11.4. The van der Waals surface area contributed by atoms with Gasteiger partial charge in [-0.3, -0.25) is 0 Å². The summed E-state index contributed by atoms with van der Waals surface area (Å²) in [4.78, 5) is 0. The molecule has 0 fully saturated rings. The molecule has 0 aromatic rings. The maximum Gasteiger partial charge on any atom is 0.111 e. The van der Waals surface area contributed by atoms with Crippen molar-refractivity contribution in [3.05, 3.63) is 12.0 Å². The Morgan fingerprint density at radius 2 is 1.64 bits per heavy atom. The first-order valence-corrected chi connectivity index (χ1v) is 8.18.